The van der Waals surface area contributed by atoms with Crippen LogP contribution in [-0.4, -0.2) is 46.8 Å². The Labute approximate surface area is 217 Å². The van der Waals surface area contributed by atoms with Crippen molar-refractivity contribution < 1.29 is 18.7 Å². The van der Waals surface area contributed by atoms with Crippen LogP contribution in [0.2, 0.25) is 37.8 Å². The SMILES string of the molecule is CC(C)(C)[Si](C)(C)O[C@H]1C[C@H]2C[C@H](C/C=C/[Si](C)(C)C)OC(=O)c3c(Br)cccc3C[C@@H](C1)O2. The van der Waals surface area contributed by atoms with Crippen molar-refractivity contribution in [1.82, 2.24) is 0 Å². The summed E-state index contributed by atoms with van der Waals surface area (Å²) in [5.74, 6) is -0.233. The Kier molecular flexibility index (Phi) is 8.77. The van der Waals surface area contributed by atoms with Crippen LogP contribution in [0.5, 0.6) is 0 Å². The lowest BCUT2D eigenvalue weighted by Crippen LogP contribution is -2.48. The van der Waals surface area contributed by atoms with Crippen molar-refractivity contribution in [3.05, 3.63) is 45.6 Å². The van der Waals surface area contributed by atoms with Crippen molar-refractivity contribution in [2.24, 2.45) is 0 Å². The highest BCUT2D eigenvalue weighted by molar-refractivity contribution is 9.10. The number of hydrogen-bond acceptors (Lipinski definition) is 4. The van der Waals surface area contributed by atoms with Gasteiger partial charge in [0.05, 0.1) is 25.8 Å². The second-order valence-corrected chi connectivity index (χ2v) is 23.3. The van der Waals surface area contributed by atoms with E-state index < -0.39 is 16.4 Å². The third-order valence-corrected chi connectivity index (χ3v) is 13.7. The van der Waals surface area contributed by atoms with E-state index in [-0.39, 0.29) is 35.4 Å². The average molecular weight is 568 g/mol. The Morgan fingerprint density at radius 1 is 1.09 bits per heavy atom. The van der Waals surface area contributed by atoms with Crippen LogP contribution in [0.3, 0.4) is 0 Å². The van der Waals surface area contributed by atoms with E-state index in [4.69, 9.17) is 13.9 Å². The Morgan fingerprint density at radius 2 is 1.76 bits per heavy atom. The summed E-state index contributed by atoms with van der Waals surface area (Å²) in [6.45, 7) is 18.5. The zero-order valence-electron chi connectivity index (χ0n) is 22.2. The first-order chi connectivity index (χ1) is 15.6. The van der Waals surface area contributed by atoms with Crippen molar-refractivity contribution in [3.63, 3.8) is 0 Å². The van der Waals surface area contributed by atoms with Gasteiger partial charge in [-0.25, -0.2) is 4.79 Å². The summed E-state index contributed by atoms with van der Waals surface area (Å²) >= 11 is 3.60. The molecule has 3 rings (SSSR count). The zero-order valence-corrected chi connectivity index (χ0v) is 25.8. The molecule has 0 amide bonds. The summed E-state index contributed by atoms with van der Waals surface area (Å²) in [6.07, 6.45) is 6.07. The van der Waals surface area contributed by atoms with Gasteiger partial charge in [0, 0.05) is 23.4 Å². The number of carbonyl (C=O) groups excluding carboxylic acids is 1. The highest BCUT2D eigenvalue weighted by Crippen LogP contribution is 2.40. The maximum atomic E-state index is 13.3. The summed E-state index contributed by atoms with van der Waals surface area (Å²) in [7, 11) is -3.22. The molecule has 1 fully saturated rings. The lowest BCUT2D eigenvalue weighted by atomic mass is 9.91. The van der Waals surface area contributed by atoms with Crippen LogP contribution in [0.1, 0.15) is 62.4 Å². The van der Waals surface area contributed by atoms with Crippen molar-refractivity contribution in [2.45, 2.75) is 115 Å². The van der Waals surface area contributed by atoms with E-state index in [0.717, 1.165) is 22.9 Å². The van der Waals surface area contributed by atoms with Gasteiger partial charge in [0.2, 0.25) is 0 Å². The number of benzene rings is 1. The zero-order chi connectivity index (χ0) is 25.3. The molecule has 4 nitrogen and oxygen atoms in total. The van der Waals surface area contributed by atoms with Crippen LogP contribution < -0.4 is 0 Å². The maximum Gasteiger partial charge on any atom is 0.339 e. The van der Waals surface area contributed by atoms with Gasteiger partial charge in [-0.3, -0.25) is 0 Å². The van der Waals surface area contributed by atoms with Crippen LogP contribution in [0, 0.1) is 0 Å². The second kappa shape index (κ2) is 10.7. The summed E-state index contributed by atoms with van der Waals surface area (Å²) in [6, 6.07) is 5.93. The fourth-order valence-electron chi connectivity index (χ4n) is 4.52. The fourth-order valence-corrected chi connectivity index (χ4v) is 7.31. The smallest absolute Gasteiger partial charge is 0.339 e. The Morgan fingerprint density at radius 3 is 2.41 bits per heavy atom. The Hall–Kier alpha value is -0.736. The molecule has 1 aromatic carbocycles. The lowest BCUT2D eigenvalue weighted by Gasteiger charge is -2.44. The second-order valence-electron chi connectivity index (χ2n) is 12.6. The quantitative estimate of drug-likeness (QED) is 0.270. The molecule has 190 valence electrons. The van der Waals surface area contributed by atoms with Gasteiger partial charge in [0.25, 0.3) is 0 Å². The van der Waals surface area contributed by atoms with E-state index in [1.807, 2.05) is 18.2 Å². The number of cyclic esters (lactones) is 1. The lowest BCUT2D eigenvalue weighted by molar-refractivity contribution is -0.106. The van der Waals surface area contributed by atoms with Crippen LogP contribution >= 0.6 is 15.9 Å². The molecule has 0 saturated carbocycles. The van der Waals surface area contributed by atoms with Crippen LogP contribution in [0.4, 0.5) is 0 Å². The molecule has 7 heteroatoms. The minimum atomic E-state index is -1.90. The van der Waals surface area contributed by atoms with Gasteiger partial charge in [-0.05, 0) is 65.0 Å². The van der Waals surface area contributed by atoms with Crippen molar-refractivity contribution in [3.8, 4) is 0 Å². The summed E-state index contributed by atoms with van der Waals surface area (Å²) in [5.41, 5.74) is 3.95. The molecule has 0 unspecified atom stereocenters. The number of esters is 1. The minimum absolute atomic E-state index is 0.0281. The highest BCUT2D eigenvalue weighted by atomic mass is 79.9. The van der Waals surface area contributed by atoms with E-state index in [1.165, 1.54) is 0 Å². The molecule has 1 aromatic rings. The molecule has 0 aromatic heterocycles. The molecule has 34 heavy (non-hydrogen) atoms. The van der Waals surface area contributed by atoms with E-state index in [9.17, 15) is 4.79 Å². The standard InChI is InChI=1S/C27H43BrO4Si2/c1-27(2,3)34(7,8)32-23-17-21-15-19-11-9-13-24(28)25(19)26(29)31-20(16-22(18-23)30-21)12-10-14-33(4,5)6/h9-11,13-14,20-23H,12,15-18H2,1-8H3/b14-10+/t20-,21-,22+,23+/m0/s1. The molecule has 2 heterocycles. The molecule has 2 bridgehead atoms. The molecule has 4 atom stereocenters. The van der Waals surface area contributed by atoms with Gasteiger partial charge in [-0.15, -0.1) is 0 Å². The molecule has 0 aliphatic carbocycles. The Bertz CT molecular complexity index is 901. The largest absolute Gasteiger partial charge is 0.458 e. The normalized spacial score (nSPS) is 26.8. The van der Waals surface area contributed by atoms with E-state index in [2.05, 4.69) is 81.2 Å². The topological polar surface area (TPSA) is 44.8 Å². The van der Waals surface area contributed by atoms with E-state index in [0.29, 0.717) is 24.8 Å². The van der Waals surface area contributed by atoms with Crippen LogP contribution in [0.25, 0.3) is 0 Å². The molecule has 2 aliphatic heterocycles. The summed E-state index contributed by atoms with van der Waals surface area (Å²) in [5, 5.41) is 0.166. The summed E-state index contributed by atoms with van der Waals surface area (Å²) < 4.78 is 20.4. The minimum Gasteiger partial charge on any atom is -0.458 e. The number of ether oxygens (including phenoxy) is 2. The first-order valence-corrected chi connectivity index (χ1v) is 19.9. The van der Waals surface area contributed by atoms with Crippen LogP contribution in [0.15, 0.2) is 34.4 Å². The molecule has 0 radical (unpaired) electrons. The van der Waals surface area contributed by atoms with Crippen molar-refractivity contribution in [2.75, 3.05) is 0 Å². The van der Waals surface area contributed by atoms with Crippen molar-refractivity contribution in [1.29, 1.82) is 0 Å². The predicted molar refractivity (Wildman–Crippen MR) is 149 cm³/mol. The van der Waals surface area contributed by atoms with Gasteiger partial charge in [-0.2, -0.15) is 0 Å². The number of carbonyl (C=O) groups is 1. The highest BCUT2D eigenvalue weighted by Gasteiger charge is 2.42. The van der Waals surface area contributed by atoms with Gasteiger partial charge in [-0.1, -0.05) is 64.3 Å². The van der Waals surface area contributed by atoms with Gasteiger partial charge >= 0.3 is 5.97 Å². The summed E-state index contributed by atoms with van der Waals surface area (Å²) in [4.78, 5) is 13.3. The number of fused-ring (bicyclic) bond motifs is 3. The third kappa shape index (κ3) is 7.39. The fraction of sp³-hybridized carbons (Fsp3) is 0.667. The third-order valence-electron chi connectivity index (χ3n) is 7.27. The number of hydrogen-bond donors (Lipinski definition) is 0. The molecule has 1 saturated heterocycles. The average Bonchev–Trinajstić information content (AvgIpc) is 2.64. The molecular formula is C27H43BrO4Si2. The van der Waals surface area contributed by atoms with Gasteiger partial charge in [0.15, 0.2) is 8.32 Å². The van der Waals surface area contributed by atoms with Gasteiger partial charge < -0.3 is 13.9 Å². The monoisotopic (exact) mass is 566 g/mol. The van der Waals surface area contributed by atoms with Gasteiger partial charge in [0.1, 0.15) is 6.10 Å². The molecule has 0 spiro atoms. The predicted octanol–water partition coefficient (Wildman–Crippen LogP) is 7.68. The molecule has 0 N–H and O–H groups in total. The van der Waals surface area contributed by atoms with E-state index >= 15 is 0 Å². The van der Waals surface area contributed by atoms with E-state index in [1.54, 1.807) is 0 Å². The number of halogens is 1. The Balaban J connectivity index is 1.91. The first-order valence-electron chi connectivity index (χ1n) is 12.6. The molecule has 2 aliphatic rings. The first kappa shape index (κ1) is 27.8. The number of rotatable bonds is 5. The molecular weight excluding hydrogens is 524 g/mol. The van der Waals surface area contributed by atoms with Crippen molar-refractivity contribution >= 4 is 38.3 Å². The van der Waals surface area contributed by atoms with Crippen LogP contribution in [-0.2, 0) is 20.3 Å². The maximum absolute atomic E-state index is 13.3.